The van der Waals surface area contributed by atoms with Crippen LogP contribution in [0.1, 0.15) is 38.7 Å². The molecule has 2 saturated heterocycles. The van der Waals surface area contributed by atoms with E-state index < -0.39 is 11.9 Å². The highest BCUT2D eigenvalue weighted by molar-refractivity contribution is 5.82. The molecule has 3 unspecified atom stereocenters. The summed E-state index contributed by atoms with van der Waals surface area (Å²) in [5.74, 6) is -0.200. The van der Waals surface area contributed by atoms with E-state index in [1.54, 1.807) is 4.90 Å². The minimum absolute atomic E-state index is 0.0920. The van der Waals surface area contributed by atoms with Gasteiger partial charge in [-0.1, -0.05) is 37.3 Å². The number of aliphatic carboxylic acids is 1. The molecule has 5 heteroatoms. The van der Waals surface area contributed by atoms with Crippen molar-refractivity contribution in [2.24, 2.45) is 17.8 Å². The van der Waals surface area contributed by atoms with Gasteiger partial charge in [0, 0.05) is 13.1 Å². The molecule has 27 heavy (non-hydrogen) atoms. The molecule has 2 aliphatic rings. The van der Waals surface area contributed by atoms with E-state index in [1.807, 2.05) is 13.8 Å². The van der Waals surface area contributed by atoms with Crippen LogP contribution in [0.5, 0.6) is 0 Å². The molecular formula is C22H32N2O3. The molecule has 0 aliphatic carbocycles. The van der Waals surface area contributed by atoms with Gasteiger partial charge >= 0.3 is 5.97 Å². The minimum atomic E-state index is -0.784. The molecule has 0 aromatic heterocycles. The van der Waals surface area contributed by atoms with E-state index in [9.17, 15) is 14.7 Å². The number of carbonyl (C=O) groups excluding carboxylic acids is 1. The Morgan fingerprint density at radius 3 is 2.44 bits per heavy atom. The zero-order valence-electron chi connectivity index (χ0n) is 16.5. The van der Waals surface area contributed by atoms with Crippen LogP contribution < -0.4 is 0 Å². The SMILES string of the molecule is CC1CC(C(=O)O)CN(C(=O)C(C)N2CCC(Cc3ccccc3)CC2)C1. The normalized spacial score (nSPS) is 25.9. The van der Waals surface area contributed by atoms with Gasteiger partial charge < -0.3 is 10.0 Å². The van der Waals surface area contributed by atoms with Crippen molar-refractivity contribution < 1.29 is 14.7 Å². The first-order valence-corrected chi connectivity index (χ1v) is 10.2. The molecule has 0 saturated carbocycles. The molecule has 1 aromatic carbocycles. The number of nitrogens with zero attached hydrogens (tertiary/aromatic N) is 2. The maximum Gasteiger partial charge on any atom is 0.308 e. The molecule has 2 aliphatic heterocycles. The van der Waals surface area contributed by atoms with E-state index in [1.165, 1.54) is 5.56 Å². The quantitative estimate of drug-likeness (QED) is 0.863. The maximum absolute atomic E-state index is 13.0. The lowest BCUT2D eigenvalue weighted by Gasteiger charge is -2.40. The van der Waals surface area contributed by atoms with E-state index in [2.05, 4.69) is 35.2 Å². The van der Waals surface area contributed by atoms with Crippen molar-refractivity contribution in [1.29, 1.82) is 0 Å². The van der Waals surface area contributed by atoms with Gasteiger partial charge in [-0.25, -0.2) is 0 Å². The lowest BCUT2D eigenvalue weighted by molar-refractivity contribution is -0.148. The second kappa shape index (κ2) is 8.87. The molecule has 0 radical (unpaired) electrons. The molecule has 1 aromatic rings. The number of hydrogen-bond donors (Lipinski definition) is 1. The fraction of sp³-hybridized carbons (Fsp3) is 0.636. The van der Waals surface area contributed by atoms with Crippen molar-refractivity contribution in [3.8, 4) is 0 Å². The fourth-order valence-electron chi connectivity index (χ4n) is 4.62. The molecule has 0 bridgehead atoms. The molecule has 3 rings (SSSR count). The first-order valence-electron chi connectivity index (χ1n) is 10.2. The summed E-state index contributed by atoms with van der Waals surface area (Å²) in [7, 11) is 0. The number of likely N-dealkylation sites (tertiary alicyclic amines) is 2. The Morgan fingerprint density at radius 1 is 1.15 bits per heavy atom. The topological polar surface area (TPSA) is 60.9 Å². The molecule has 1 amide bonds. The van der Waals surface area contributed by atoms with Crippen LogP contribution in [0.3, 0.4) is 0 Å². The van der Waals surface area contributed by atoms with E-state index in [0.29, 0.717) is 25.4 Å². The first kappa shape index (κ1) is 19.9. The van der Waals surface area contributed by atoms with Crippen molar-refractivity contribution in [2.45, 2.75) is 45.6 Å². The average Bonchev–Trinajstić information content (AvgIpc) is 2.67. The Kier molecular flexibility index (Phi) is 6.53. The number of benzene rings is 1. The second-order valence-electron chi connectivity index (χ2n) is 8.46. The highest BCUT2D eigenvalue weighted by Gasteiger charge is 2.35. The number of carboxylic acids is 1. The summed E-state index contributed by atoms with van der Waals surface area (Å²) in [5, 5.41) is 9.34. The van der Waals surface area contributed by atoms with Gasteiger partial charge in [-0.3, -0.25) is 14.5 Å². The van der Waals surface area contributed by atoms with Crippen LogP contribution in [0.4, 0.5) is 0 Å². The maximum atomic E-state index is 13.0. The van der Waals surface area contributed by atoms with Crippen LogP contribution in [0.15, 0.2) is 30.3 Å². The largest absolute Gasteiger partial charge is 0.481 e. The number of carbonyl (C=O) groups is 2. The van der Waals surface area contributed by atoms with E-state index >= 15 is 0 Å². The fourth-order valence-corrected chi connectivity index (χ4v) is 4.62. The summed E-state index contributed by atoms with van der Waals surface area (Å²) in [6.07, 6.45) is 4.00. The molecule has 0 spiro atoms. The van der Waals surface area contributed by atoms with Gasteiger partial charge in [-0.05, 0) is 63.1 Å². The Morgan fingerprint density at radius 2 is 1.81 bits per heavy atom. The monoisotopic (exact) mass is 372 g/mol. The predicted molar refractivity (Wildman–Crippen MR) is 105 cm³/mol. The van der Waals surface area contributed by atoms with Gasteiger partial charge in [0.15, 0.2) is 0 Å². The summed E-state index contributed by atoms with van der Waals surface area (Å²) >= 11 is 0. The van der Waals surface area contributed by atoms with Crippen molar-refractivity contribution in [1.82, 2.24) is 9.80 Å². The lowest BCUT2D eigenvalue weighted by atomic mass is 9.89. The molecule has 1 N–H and O–H groups in total. The summed E-state index contributed by atoms with van der Waals surface area (Å²) < 4.78 is 0. The summed E-state index contributed by atoms with van der Waals surface area (Å²) in [4.78, 5) is 28.4. The van der Waals surface area contributed by atoms with Crippen molar-refractivity contribution >= 4 is 11.9 Å². The van der Waals surface area contributed by atoms with Gasteiger partial charge in [0.2, 0.25) is 5.91 Å². The first-order chi connectivity index (χ1) is 12.9. The van der Waals surface area contributed by atoms with Crippen LogP contribution in [0, 0.1) is 17.8 Å². The van der Waals surface area contributed by atoms with Crippen LogP contribution in [0.25, 0.3) is 0 Å². The molecule has 2 fully saturated rings. The zero-order chi connectivity index (χ0) is 19.4. The number of hydrogen-bond acceptors (Lipinski definition) is 3. The zero-order valence-corrected chi connectivity index (χ0v) is 16.5. The minimum Gasteiger partial charge on any atom is -0.481 e. The van der Waals surface area contributed by atoms with Crippen molar-refractivity contribution in [3.63, 3.8) is 0 Å². The summed E-state index contributed by atoms with van der Waals surface area (Å²) in [6, 6.07) is 10.5. The van der Waals surface area contributed by atoms with Gasteiger partial charge in [0.05, 0.1) is 12.0 Å². The van der Waals surface area contributed by atoms with E-state index in [0.717, 1.165) is 32.4 Å². The Balaban J connectivity index is 1.51. The van der Waals surface area contributed by atoms with Crippen molar-refractivity contribution in [3.05, 3.63) is 35.9 Å². The van der Waals surface area contributed by atoms with Gasteiger partial charge in [0.1, 0.15) is 0 Å². The van der Waals surface area contributed by atoms with E-state index in [4.69, 9.17) is 0 Å². The summed E-state index contributed by atoms with van der Waals surface area (Å²) in [6.45, 7) is 6.93. The van der Waals surface area contributed by atoms with E-state index in [-0.39, 0.29) is 17.9 Å². The standard InChI is InChI=1S/C22H32N2O3/c1-16-12-20(22(26)27)15-24(14-16)21(25)17(2)23-10-8-19(9-11-23)13-18-6-4-3-5-7-18/h3-7,16-17,19-20H,8-15H2,1-2H3,(H,26,27). The molecule has 148 valence electrons. The van der Waals surface area contributed by atoms with Gasteiger partial charge in [-0.15, -0.1) is 0 Å². The number of rotatable bonds is 5. The van der Waals surface area contributed by atoms with Crippen LogP contribution in [-0.2, 0) is 16.0 Å². The highest BCUT2D eigenvalue weighted by atomic mass is 16.4. The highest BCUT2D eigenvalue weighted by Crippen LogP contribution is 2.26. The molecule has 5 nitrogen and oxygen atoms in total. The lowest BCUT2D eigenvalue weighted by Crippen LogP contribution is -2.54. The average molecular weight is 373 g/mol. The molecule has 2 heterocycles. The predicted octanol–water partition coefficient (Wildman–Crippen LogP) is 2.90. The third-order valence-corrected chi connectivity index (χ3v) is 6.24. The number of amides is 1. The Bertz CT molecular complexity index is 640. The smallest absolute Gasteiger partial charge is 0.308 e. The Hall–Kier alpha value is -1.88. The number of carboxylic acid groups (broad SMARTS) is 1. The van der Waals surface area contributed by atoms with Crippen LogP contribution in [-0.4, -0.2) is 59.0 Å². The number of piperidine rings is 2. The molecule has 3 atom stereocenters. The summed E-state index contributed by atoms with van der Waals surface area (Å²) in [5.41, 5.74) is 1.39. The van der Waals surface area contributed by atoms with Crippen molar-refractivity contribution in [2.75, 3.05) is 26.2 Å². The third kappa shape index (κ3) is 5.10. The van der Waals surface area contributed by atoms with Crippen LogP contribution >= 0.6 is 0 Å². The molecular weight excluding hydrogens is 340 g/mol. The second-order valence-corrected chi connectivity index (χ2v) is 8.46. The third-order valence-electron chi connectivity index (χ3n) is 6.24. The van der Waals surface area contributed by atoms with Gasteiger partial charge in [-0.2, -0.15) is 0 Å². The van der Waals surface area contributed by atoms with Crippen LogP contribution in [0.2, 0.25) is 0 Å². The van der Waals surface area contributed by atoms with Gasteiger partial charge in [0.25, 0.3) is 0 Å². The Labute approximate surface area is 162 Å².